The van der Waals surface area contributed by atoms with Crippen molar-refractivity contribution in [2.45, 2.75) is 19.9 Å². The first-order valence-corrected chi connectivity index (χ1v) is 7.99. The molecule has 0 aromatic heterocycles. The van der Waals surface area contributed by atoms with Gasteiger partial charge in [-0.05, 0) is 37.6 Å². The number of anilines is 1. The van der Waals surface area contributed by atoms with E-state index in [0.29, 0.717) is 11.3 Å². The van der Waals surface area contributed by atoms with Gasteiger partial charge in [-0.2, -0.15) is 0 Å². The fourth-order valence-electron chi connectivity index (χ4n) is 2.40. The minimum Gasteiger partial charge on any atom is -0.465 e. The quantitative estimate of drug-likeness (QED) is 0.774. The zero-order valence-electron chi connectivity index (χ0n) is 14.7. The Morgan fingerprint density at radius 2 is 1.88 bits per heavy atom. The van der Waals surface area contributed by atoms with Crippen molar-refractivity contribution >= 4 is 17.6 Å². The van der Waals surface area contributed by atoms with Crippen LogP contribution in [0.25, 0.3) is 0 Å². The van der Waals surface area contributed by atoms with Gasteiger partial charge in [0.05, 0.1) is 19.2 Å². The maximum Gasteiger partial charge on any atom is 0.337 e. The van der Waals surface area contributed by atoms with Crippen LogP contribution in [0.2, 0.25) is 0 Å². The summed E-state index contributed by atoms with van der Waals surface area (Å²) in [5.74, 6) is -2.19. The Bertz CT molecular complexity index is 824. The van der Waals surface area contributed by atoms with Crippen molar-refractivity contribution in [1.29, 1.82) is 0 Å². The largest absolute Gasteiger partial charge is 0.465 e. The molecular weight excluding hydrogens is 342 g/mol. The summed E-state index contributed by atoms with van der Waals surface area (Å²) in [6.45, 7) is 3.38. The number of esters is 1. The monoisotopic (exact) mass is 362 g/mol. The molecule has 0 radical (unpaired) electrons. The number of methoxy groups -OCH3 is 1. The molecule has 0 unspecified atom stereocenters. The number of carbonyl (C=O) groups excluding carboxylic acids is 2. The molecule has 0 fully saturated rings. The highest BCUT2D eigenvalue weighted by Gasteiger charge is 2.14. The average molecular weight is 362 g/mol. The zero-order chi connectivity index (χ0) is 19.3. The molecule has 26 heavy (non-hydrogen) atoms. The lowest BCUT2D eigenvalue weighted by Gasteiger charge is -2.16. The van der Waals surface area contributed by atoms with Crippen LogP contribution >= 0.6 is 0 Å². The average Bonchev–Trinajstić information content (AvgIpc) is 2.61. The number of halogens is 2. The molecule has 2 aromatic rings. The van der Waals surface area contributed by atoms with Crippen LogP contribution in [-0.4, -0.2) is 25.5 Å². The van der Waals surface area contributed by atoms with E-state index < -0.39 is 23.6 Å². The van der Waals surface area contributed by atoms with Gasteiger partial charge < -0.3 is 15.4 Å². The Hall–Kier alpha value is -2.80. The first-order chi connectivity index (χ1) is 12.3. The second-order valence-corrected chi connectivity index (χ2v) is 5.84. The van der Waals surface area contributed by atoms with Gasteiger partial charge in [0.25, 0.3) is 0 Å². The van der Waals surface area contributed by atoms with Crippen molar-refractivity contribution in [2.24, 2.45) is 0 Å². The van der Waals surface area contributed by atoms with Crippen LogP contribution in [0.4, 0.5) is 14.5 Å². The van der Waals surface area contributed by atoms with Gasteiger partial charge in [-0.15, -0.1) is 0 Å². The Morgan fingerprint density at radius 1 is 1.15 bits per heavy atom. The molecule has 2 N–H and O–H groups in total. The summed E-state index contributed by atoms with van der Waals surface area (Å²) in [5, 5.41) is 5.58. The minimum absolute atomic E-state index is 0.0835. The predicted molar refractivity (Wildman–Crippen MR) is 93.9 cm³/mol. The minimum atomic E-state index is -0.674. The summed E-state index contributed by atoms with van der Waals surface area (Å²) in [5.41, 5.74) is 1.86. The molecule has 0 saturated carbocycles. The van der Waals surface area contributed by atoms with Gasteiger partial charge in [0.1, 0.15) is 11.6 Å². The van der Waals surface area contributed by atoms with E-state index in [2.05, 4.69) is 15.4 Å². The molecule has 2 rings (SSSR count). The van der Waals surface area contributed by atoms with Gasteiger partial charge in [-0.3, -0.25) is 4.79 Å². The molecule has 7 heteroatoms. The number of benzene rings is 2. The first kappa shape index (κ1) is 19.5. The van der Waals surface area contributed by atoms with Gasteiger partial charge >= 0.3 is 5.97 Å². The Kier molecular flexibility index (Phi) is 6.41. The molecule has 0 bridgehead atoms. The molecule has 138 valence electrons. The molecule has 0 aliphatic heterocycles. The summed E-state index contributed by atoms with van der Waals surface area (Å²) in [6, 6.07) is 7.66. The van der Waals surface area contributed by atoms with Crippen molar-refractivity contribution in [3.05, 3.63) is 64.7 Å². The van der Waals surface area contributed by atoms with Crippen LogP contribution in [-0.2, 0) is 9.53 Å². The number of hydrogen-bond donors (Lipinski definition) is 2. The second kappa shape index (κ2) is 8.53. The third-order valence-corrected chi connectivity index (χ3v) is 3.93. The summed E-state index contributed by atoms with van der Waals surface area (Å²) >= 11 is 0. The number of amides is 1. The number of aryl methyl sites for hydroxylation is 1. The van der Waals surface area contributed by atoms with Crippen LogP contribution in [0.15, 0.2) is 36.4 Å². The second-order valence-electron chi connectivity index (χ2n) is 5.84. The van der Waals surface area contributed by atoms with Crippen LogP contribution < -0.4 is 10.6 Å². The van der Waals surface area contributed by atoms with Crippen LogP contribution in [0.5, 0.6) is 0 Å². The molecule has 1 atom stereocenters. The number of carbonyl (C=O) groups is 2. The van der Waals surface area contributed by atoms with Crippen molar-refractivity contribution in [3.63, 3.8) is 0 Å². The number of hydrogen-bond acceptors (Lipinski definition) is 4. The molecule has 0 spiro atoms. The van der Waals surface area contributed by atoms with E-state index in [1.807, 2.05) is 0 Å². The molecule has 0 aliphatic rings. The number of ether oxygens (including phenoxy) is 1. The zero-order valence-corrected chi connectivity index (χ0v) is 14.7. The summed E-state index contributed by atoms with van der Waals surface area (Å²) < 4.78 is 31.4. The SMILES string of the molecule is COC(=O)c1ccc(C)c(NC(=O)CN[C@@H](C)c2ccc(F)cc2F)c1. The summed E-state index contributed by atoms with van der Waals surface area (Å²) in [4.78, 5) is 23.7. The Morgan fingerprint density at radius 3 is 2.54 bits per heavy atom. The van der Waals surface area contributed by atoms with Crippen molar-refractivity contribution < 1.29 is 23.1 Å². The molecule has 5 nitrogen and oxygen atoms in total. The van der Waals surface area contributed by atoms with E-state index in [0.717, 1.165) is 11.6 Å². The number of rotatable bonds is 6. The number of nitrogens with one attached hydrogen (secondary N) is 2. The molecule has 2 aromatic carbocycles. The van der Waals surface area contributed by atoms with Crippen LogP contribution in [0, 0.1) is 18.6 Å². The highest BCUT2D eigenvalue weighted by atomic mass is 19.1. The Balaban J connectivity index is 1.99. The maximum atomic E-state index is 13.8. The maximum absolute atomic E-state index is 13.8. The van der Waals surface area contributed by atoms with Gasteiger partial charge in [0, 0.05) is 23.4 Å². The van der Waals surface area contributed by atoms with E-state index in [-0.39, 0.29) is 18.0 Å². The van der Waals surface area contributed by atoms with E-state index in [4.69, 9.17) is 0 Å². The highest BCUT2D eigenvalue weighted by Crippen LogP contribution is 2.19. The van der Waals surface area contributed by atoms with Gasteiger partial charge in [-0.25, -0.2) is 13.6 Å². The van der Waals surface area contributed by atoms with E-state index in [1.165, 1.54) is 25.3 Å². The lowest BCUT2D eigenvalue weighted by molar-refractivity contribution is -0.115. The normalized spacial score (nSPS) is 11.7. The molecule has 1 amide bonds. The lowest BCUT2D eigenvalue weighted by atomic mass is 10.1. The van der Waals surface area contributed by atoms with Gasteiger partial charge in [0.15, 0.2) is 0 Å². The molecular formula is C19H20F2N2O3. The van der Waals surface area contributed by atoms with Crippen LogP contribution in [0.3, 0.4) is 0 Å². The first-order valence-electron chi connectivity index (χ1n) is 7.99. The Labute approximate surface area is 150 Å². The molecule has 0 aliphatic carbocycles. The van der Waals surface area contributed by atoms with Gasteiger partial charge in [0.2, 0.25) is 5.91 Å². The lowest BCUT2D eigenvalue weighted by Crippen LogP contribution is -2.30. The molecule has 0 heterocycles. The van der Waals surface area contributed by atoms with Crippen molar-refractivity contribution in [3.8, 4) is 0 Å². The van der Waals surface area contributed by atoms with E-state index in [1.54, 1.807) is 26.0 Å². The van der Waals surface area contributed by atoms with Crippen molar-refractivity contribution in [1.82, 2.24) is 5.32 Å². The summed E-state index contributed by atoms with van der Waals surface area (Å²) in [6.07, 6.45) is 0. The smallest absolute Gasteiger partial charge is 0.337 e. The van der Waals surface area contributed by atoms with Crippen LogP contribution in [0.1, 0.15) is 34.5 Å². The van der Waals surface area contributed by atoms with Crippen molar-refractivity contribution in [2.75, 3.05) is 19.0 Å². The van der Waals surface area contributed by atoms with Gasteiger partial charge in [-0.1, -0.05) is 12.1 Å². The summed E-state index contributed by atoms with van der Waals surface area (Å²) in [7, 11) is 1.28. The fourth-order valence-corrected chi connectivity index (χ4v) is 2.40. The highest BCUT2D eigenvalue weighted by molar-refractivity contribution is 5.96. The third kappa shape index (κ3) is 4.86. The van der Waals surface area contributed by atoms with E-state index >= 15 is 0 Å². The fraction of sp³-hybridized carbons (Fsp3) is 0.263. The standard InChI is InChI=1S/C19H20F2N2O3/c1-11-4-5-13(19(25)26-3)8-17(11)23-18(24)10-22-12(2)15-7-6-14(20)9-16(15)21/h4-9,12,22H,10H2,1-3H3,(H,23,24)/t12-/m0/s1. The van der Waals surface area contributed by atoms with E-state index in [9.17, 15) is 18.4 Å². The molecule has 0 saturated heterocycles. The third-order valence-electron chi connectivity index (χ3n) is 3.93. The predicted octanol–water partition coefficient (Wildman–Crippen LogP) is 3.35. The topological polar surface area (TPSA) is 67.4 Å².